The first-order valence-electron chi connectivity index (χ1n) is 6.86. The SMILES string of the molecule is CC(=O)N1C[C@H]2C[C@H]1CN(C(=O)c1cccc(F)c1)C2. The number of fused-ring (bicyclic) bond motifs is 2. The van der Waals surface area contributed by atoms with Crippen molar-refractivity contribution in [2.45, 2.75) is 19.4 Å². The monoisotopic (exact) mass is 276 g/mol. The van der Waals surface area contributed by atoms with Crippen LogP contribution in [0.2, 0.25) is 0 Å². The first-order chi connectivity index (χ1) is 9.54. The molecule has 20 heavy (non-hydrogen) atoms. The third-order valence-corrected chi connectivity index (χ3v) is 4.17. The van der Waals surface area contributed by atoms with Gasteiger partial charge in [0.05, 0.1) is 0 Å². The topological polar surface area (TPSA) is 40.6 Å². The number of rotatable bonds is 1. The lowest BCUT2D eigenvalue weighted by Gasteiger charge is -2.32. The van der Waals surface area contributed by atoms with Gasteiger partial charge < -0.3 is 9.80 Å². The van der Waals surface area contributed by atoms with E-state index in [1.165, 1.54) is 12.1 Å². The van der Waals surface area contributed by atoms with Gasteiger partial charge in [0.15, 0.2) is 0 Å². The van der Waals surface area contributed by atoms with E-state index in [2.05, 4.69) is 0 Å². The van der Waals surface area contributed by atoms with Crippen LogP contribution in [0.1, 0.15) is 23.7 Å². The van der Waals surface area contributed by atoms with Gasteiger partial charge >= 0.3 is 0 Å². The van der Waals surface area contributed by atoms with Gasteiger partial charge in [-0.25, -0.2) is 4.39 Å². The van der Waals surface area contributed by atoms with Gasteiger partial charge in [-0.1, -0.05) is 6.07 Å². The van der Waals surface area contributed by atoms with Crippen molar-refractivity contribution in [1.29, 1.82) is 0 Å². The molecule has 0 unspecified atom stereocenters. The number of piperidine rings is 1. The quantitative estimate of drug-likeness (QED) is 0.780. The van der Waals surface area contributed by atoms with Gasteiger partial charge in [-0.3, -0.25) is 9.59 Å². The summed E-state index contributed by atoms with van der Waals surface area (Å²) >= 11 is 0. The van der Waals surface area contributed by atoms with Gasteiger partial charge in [0.2, 0.25) is 5.91 Å². The van der Waals surface area contributed by atoms with Crippen LogP contribution in [-0.2, 0) is 4.79 Å². The Kier molecular flexibility index (Phi) is 3.20. The molecule has 0 aliphatic carbocycles. The van der Waals surface area contributed by atoms with Crippen LogP contribution in [0.25, 0.3) is 0 Å². The molecule has 1 aromatic rings. The van der Waals surface area contributed by atoms with Crippen LogP contribution >= 0.6 is 0 Å². The van der Waals surface area contributed by atoms with Crippen molar-refractivity contribution in [3.63, 3.8) is 0 Å². The molecule has 0 radical (unpaired) electrons. The summed E-state index contributed by atoms with van der Waals surface area (Å²) in [7, 11) is 0. The predicted octanol–water partition coefficient (Wildman–Crippen LogP) is 1.52. The standard InChI is InChI=1S/C15H17FN2O2/c1-10(19)18-8-11-5-14(18)9-17(7-11)15(20)12-3-2-4-13(16)6-12/h2-4,6,11,14H,5,7-9H2,1H3/t11-,14-/m0/s1. The Morgan fingerprint density at radius 2 is 2.05 bits per heavy atom. The van der Waals surface area contributed by atoms with Crippen LogP contribution in [-0.4, -0.2) is 47.3 Å². The van der Waals surface area contributed by atoms with E-state index in [0.717, 1.165) is 13.0 Å². The van der Waals surface area contributed by atoms with Crippen LogP contribution in [0.3, 0.4) is 0 Å². The van der Waals surface area contributed by atoms with Crippen LogP contribution in [0.5, 0.6) is 0 Å². The van der Waals surface area contributed by atoms with Crippen LogP contribution < -0.4 is 0 Å². The van der Waals surface area contributed by atoms with Crippen molar-refractivity contribution in [3.05, 3.63) is 35.6 Å². The Balaban J connectivity index is 1.77. The summed E-state index contributed by atoms with van der Waals surface area (Å²) in [6, 6.07) is 5.88. The number of carbonyl (C=O) groups excluding carboxylic acids is 2. The normalized spacial score (nSPS) is 24.9. The summed E-state index contributed by atoms with van der Waals surface area (Å²) in [6.45, 7) is 3.49. The third kappa shape index (κ3) is 2.28. The molecular weight excluding hydrogens is 259 g/mol. The smallest absolute Gasteiger partial charge is 0.254 e. The fraction of sp³-hybridized carbons (Fsp3) is 0.467. The van der Waals surface area contributed by atoms with E-state index < -0.39 is 5.82 Å². The van der Waals surface area contributed by atoms with E-state index in [9.17, 15) is 14.0 Å². The summed E-state index contributed by atoms with van der Waals surface area (Å²) in [5.74, 6) is -0.140. The highest BCUT2D eigenvalue weighted by atomic mass is 19.1. The first-order valence-corrected chi connectivity index (χ1v) is 6.86. The summed E-state index contributed by atoms with van der Waals surface area (Å²) in [5.41, 5.74) is 0.376. The second-order valence-corrected chi connectivity index (χ2v) is 5.65. The molecule has 5 heteroatoms. The summed E-state index contributed by atoms with van der Waals surface area (Å²) in [5, 5.41) is 0. The zero-order chi connectivity index (χ0) is 14.3. The molecule has 1 aromatic carbocycles. The minimum absolute atomic E-state index is 0.0672. The van der Waals surface area contributed by atoms with Gasteiger partial charge in [-0.2, -0.15) is 0 Å². The molecule has 2 heterocycles. The van der Waals surface area contributed by atoms with Crippen LogP contribution in [0.4, 0.5) is 4.39 Å². The maximum absolute atomic E-state index is 13.2. The Bertz CT molecular complexity index is 561. The molecule has 0 spiro atoms. The minimum atomic E-state index is -0.402. The number of hydrogen-bond donors (Lipinski definition) is 0. The summed E-state index contributed by atoms with van der Waals surface area (Å²) < 4.78 is 13.2. The summed E-state index contributed by atoms with van der Waals surface area (Å²) in [4.78, 5) is 27.6. The fourth-order valence-corrected chi connectivity index (χ4v) is 3.32. The number of likely N-dealkylation sites (tertiary alicyclic amines) is 2. The predicted molar refractivity (Wildman–Crippen MR) is 71.6 cm³/mol. The lowest BCUT2D eigenvalue weighted by Crippen LogP contribution is -2.46. The van der Waals surface area contributed by atoms with Crippen molar-refractivity contribution < 1.29 is 14.0 Å². The van der Waals surface area contributed by atoms with Crippen molar-refractivity contribution in [1.82, 2.24) is 9.80 Å². The molecule has 106 valence electrons. The van der Waals surface area contributed by atoms with Gasteiger partial charge in [0.25, 0.3) is 5.91 Å². The molecule has 0 N–H and O–H groups in total. The number of hydrogen-bond acceptors (Lipinski definition) is 2. The average Bonchev–Trinajstić information content (AvgIpc) is 2.72. The maximum atomic E-state index is 13.2. The molecule has 2 amide bonds. The Labute approximate surface area is 117 Å². The van der Waals surface area contributed by atoms with E-state index in [-0.39, 0.29) is 17.9 Å². The van der Waals surface area contributed by atoms with Crippen LogP contribution in [0, 0.1) is 11.7 Å². The third-order valence-electron chi connectivity index (χ3n) is 4.17. The highest BCUT2D eigenvalue weighted by Crippen LogP contribution is 2.30. The minimum Gasteiger partial charge on any atom is -0.338 e. The summed E-state index contributed by atoms with van der Waals surface area (Å²) in [6.07, 6.45) is 0.965. The van der Waals surface area contributed by atoms with E-state index in [0.29, 0.717) is 24.6 Å². The van der Waals surface area contributed by atoms with Gasteiger partial charge in [-0.15, -0.1) is 0 Å². The molecule has 0 aromatic heterocycles. The van der Waals surface area contributed by atoms with E-state index in [1.54, 1.807) is 24.0 Å². The zero-order valence-electron chi connectivity index (χ0n) is 11.4. The van der Waals surface area contributed by atoms with Crippen LogP contribution in [0.15, 0.2) is 24.3 Å². The second kappa shape index (κ2) is 4.89. The second-order valence-electron chi connectivity index (χ2n) is 5.65. The largest absolute Gasteiger partial charge is 0.338 e. The molecule has 2 saturated heterocycles. The molecule has 2 aliphatic heterocycles. The van der Waals surface area contributed by atoms with Gasteiger partial charge in [-0.05, 0) is 30.5 Å². The molecule has 2 atom stereocenters. The molecule has 4 nitrogen and oxygen atoms in total. The maximum Gasteiger partial charge on any atom is 0.254 e. The Morgan fingerprint density at radius 1 is 1.25 bits per heavy atom. The number of amides is 2. The van der Waals surface area contributed by atoms with Gasteiger partial charge in [0, 0.05) is 38.2 Å². The average molecular weight is 276 g/mol. The fourth-order valence-electron chi connectivity index (χ4n) is 3.32. The number of halogens is 1. The number of carbonyl (C=O) groups is 2. The van der Waals surface area contributed by atoms with Crippen molar-refractivity contribution in [2.24, 2.45) is 5.92 Å². The molecule has 2 fully saturated rings. The lowest BCUT2D eigenvalue weighted by atomic mass is 9.99. The van der Waals surface area contributed by atoms with E-state index >= 15 is 0 Å². The van der Waals surface area contributed by atoms with E-state index in [1.807, 2.05) is 4.90 Å². The molecular formula is C15H17FN2O2. The van der Waals surface area contributed by atoms with Crippen molar-refractivity contribution in [2.75, 3.05) is 19.6 Å². The van der Waals surface area contributed by atoms with E-state index in [4.69, 9.17) is 0 Å². The zero-order valence-corrected chi connectivity index (χ0v) is 11.4. The Morgan fingerprint density at radius 3 is 2.75 bits per heavy atom. The lowest BCUT2D eigenvalue weighted by molar-refractivity contribution is -0.129. The number of nitrogens with zero attached hydrogens (tertiary/aromatic N) is 2. The highest BCUT2D eigenvalue weighted by molar-refractivity contribution is 5.94. The van der Waals surface area contributed by atoms with Gasteiger partial charge in [0.1, 0.15) is 5.82 Å². The number of benzene rings is 1. The Hall–Kier alpha value is -1.91. The van der Waals surface area contributed by atoms with Crippen molar-refractivity contribution >= 4 is 11.8 Å². The highest BCUT2D eigenvalue weighted by Gasteiger charge is 2.41. The molecule has 2 aliphatic rings. The van der Waals surface area contributed by atoms with Crippen molar-refractivity contribution in [3.8, 4) is 0 Å². The molecule has 0 saturated carbocycles. The molecule has 2 bridgehead atoms. The first kappa shape index (κ1) is 13.1. The molecule has 3 rings (SSSR count).